The van der Waals surface area contributed by atoms with Crippen molar-refractivity contribution in [1.29, 1.82) is 0 Å². The van der Waals surface area contributed by atoms with Gasteiger partial charge in [-0.2, -0.15) is 9.97 Å². The van der Waals surface area contributed by atoms with Gasteiger partial charge in [0.1, 0.15) is 17.5 Å². The minimum atomic E-state index is -0.185. The Morgan fingerprint density at radius 1 is 0.906 bits per heavy atom. The Labute approximate surface area is 188 Å². The first-order valence-corrected chi connectivity index (χ1v) is 11.2. The topological polar surface area (TPSA) is 61.5 Å². The van der Waals surface area contributed by atoms with Gasteiger partial charge >= 0.3 is 0 Å². The van der Waals surface area contributed by atoms with E-state index >= 15 is 0 Å². The summed E-state index contributed by atoms with van der Waals surface area (Å²) in [6.07, 6.45) is 3.48. The third-order valence-corrected chi connectivity index (χ3v) is 6.47. The number of nitrogen functional groups attached to an aromatic ring is 1. The number of halogens is 1. The molecule has 6 nitrogen and oxygen atoms in total. The van der Waals surface area contributed by atoms with Crippen LogP contribution in [0.4, 0.5) is 27.7 Å². The molecule has 1 aliphatic heterocycles. The molecule has 1 aromatic heterocycles. The fourth-order valence-electron chi connectivity index (χ4n) is 4.78. The van der Waals surface area contributed by atoms with Crippen LogP contribution in [0, 0.1) is 5.82 Å². The van der Waals surface area contributed by atoms with E-state index in [1.165, 1.54) is 23.6 Å². The summed E-state index contributed by atoms with van der Waals surface area (Å²) in [5, 5.41) is 0. The van der Waals surface area contributed by atoms with Crippen molar-refractivity contribution in [3.63, 3.8) is 0 Å². The fourth-order valence-corrected chi connectivity index (χ4v) is 4.78. The summed E-state index contributed by atoms with van der Waals surface area (Å²) >= 11 is 0. The zero-order chi connectivity index (χ0) is 22.2. The lowest BCUT2D eigenvalue weighted by Gasteiger charge is -2.36. The largest absolute Gasteiger partial charge is 0.383 e. The maximum atomic E-state index is 14.2. The summed E-state index contributed by atoms with van der Waals surface area (Å²) in [5.41, 5.74) is 12.0. The molecule has 0 spiro atoms. The van der Waals surface area contributed by atoms with Gasteiger partial charge in [-0.1, -0.05) is 30.3 Å². The van der Waals surface area contributed by atoms with Gasteiger partial charge in [0, 0.05) is 40.3 Å². The number of para-hydroxylation sites is 1. The van der Waals surface area contributed by atoms with Crippen LogP contribution >= 0.6 is 0 Å². The van der Waals surface area contributed by atoms with Gasteiger partial charge in [0.15, 0.2) is 0 Å². The van der Waals surface area contributed by atoms with E-state index < -0.39 is 0 Å². The molecule has 32 heavy (non-hydrogen) atoms. The van der Waals surface area contributed by atoms with Crippen molar-refractivity contribution in [3.8, 4) is 11.1 Å². The van der Waals surface area contributed by atoms with E-state index in [4.69, 9.17) is 15.7 Å². The molecule has 5 rings (SSSR count). The Morgan fingerprint density at radius 2 is 1.62 bits per heavy atom. The van der Waals surface area contributed by atoms with E-state index in [1.807, 2.05) is 31.1 Å². The highest BCUT2D eigenvalue weighted by atomic mass is 19.1. The number of aromatic nitrogens is 2. The zero-order valence-electron chi connectivity index (χ0n) is 18.7. The highest BCUT2D eigenvalue weighted by molar-refractivity contribution is 5.85. The number of fused-ring (bicyclic) bond motifs is 1. The van der Waals surface area contributed by atoms with Crippen LogP contribution in [0.1, 0.15) is 17.5 Å². The van der Waals surface area contributed by atoms with Gasteiger partial charge in [-0.05, 0) is 48.1 Å². The third-order valence-electron chi connectivity index (χ3n) is 6.47. The quantitative estimate of drug-likeness (QED) is 0.678. The second-order valence-corrected chi connectivity index (χ2v) is 8.76. The summed E-state index contributed by atoms with van der Waals surface area (Å²) in [5.74, 6) is 1.76. The first-order chi connectivity index (χ1) is 15.5. The summed E-state index contributed by atoms with van der Waals surface area (Å²) in [6, 6.07) is 13.5. The second kappa shape index (κ2) is 8.30. The molecular weight excluding hydrogens is 403 g/mol. The summed E-state index contributed by atoms with van der Waals surface area (Å²) in [6.45, 7) is 2.82. The number of anilines is 4. The average molecular weight is 433 g/mol. The summed E-state index contributed by atoms with van der Waals surface area (Å²) in [7, 11) is 3.97. The van der Waals surface area contributed by atoms with Crippen molar-refractivity contribution in [3.05, 3.63) is 59.4 Å². The lowest BCUT2D eigenvalue weighted by atomic mass is 10.0. The van der Waals surface area contributed by atoms with E-state index in [-0.39, 0.29) is 5.82 Å². The van der Waals surface area contributed by atoms with Crippen LogP contribution in [0.2, 0.25) is 0 Å². The number of hydrogen-bond donors (Lipinski definition) is 1. The molecule has 1 aliphatic carbocycles. The number of hydrogen-bond acceptors (Lipinski definition) is 6. The lowest BCUT2D eigenvalue weighted by molar-refractivity contribution is 0.594. The molecule has 2 heterocycles. The number of benzene rings is 2. The maximum absolute atomic E-state index is 14.2. The molecule has 1 saturated heterocycles. The van der Waals surface area contributed by atoms with Crippen LogP contribution in [-0.2, 0) is 12.8 Å². The number of piperazine rings is 1. The highest BCUT2D eigenvalue weighted by Gasteiger charge is 2.24. The first-order valence-electron chi connectivity index (χ1n) is 11.2. The molecule has 2 aromatic carbocycles. The molecule has 0 atom stereocenters. The maximum Gasteiger partial charge on any atom is 0.229 e. The van der Waals surface area contributed by atoms with Crippen LogP contribution in [-0.4, -0.2) is 50.2 Å². The van der Waals surface area contributed by atoms with Crippen LogP contribution in [0.5, 0.6) is 0 Å². The number of rotatable bonds is 4. The molecule has 0 amide bonds. The molecule has 7 heteroatoms. The van der Waals surface area contributed by atoms with E-state index in [1.54, 1.807) is 6.07 Å². The zero-order valence-corrected chi connectivity index (χ0v) is 18.7. The number of aryl methyl sites for hydroxylation is 2. The highest BCUT2D eigenvalue weighted by Crippen LogP contribution is 2.37. The monoisotopic (exact) mass is 432 g/mol. The van der Waals surface area contributed by atoms with E-state index in [0.29, 0.717) is 43.6 Å². The van der Waals surface area contributed by atoms with Gasteiger partial charge in [-0.15, -0.1) is 0 Å². The SMILES string of the molecule is CN(C)c1nc(N2CCN(c3ccccc3F)CC2)nc(N)c1-c1ccc2c(c1)CCC2. The van der Waals surface area contributed by atoms with Gasteiger partial charge < -0.3 is 20.4 Å². The molecule has 0 bridgehead atoms. The molecule has 2 aliphatic rings. The van der Waals surface area contributed by atoms with E-state index in [0.717, 1.165) is 29.8 Å². The molecule has 2 N–H and O–H groups in total. The third kappa shape index (κ3) is 3.72. The molecule has 0 unspecified atom stereocenters. The van der Waals surface area contributed by atoms with Gasteiger partial charge in [-0.25, -0.2) is 4.39 Å². The minimum absolute atomic E-state index is 0.185. The van der Waals surface area contributed by atoms with Crippen LogP contribution in [0.15, 0.2) is 42.5 Å². The van der Waals surface area contributed by atoms with Crippen LogP contribution < -0.4 is 20.4 Å². The van der Waals surface area contributed by atoms with Crippen LogP contribution in [0.3, 0.4) is 0 Å². The smallest absolute Gasteiger partial charge is 0.229 e. The van der Waals surface area contributed by atoms with E-state index in [9.17, 15) is 4.39 Å². The van der Waals surface area contributed by atoms with Gasteiger partial charge in [0.25, 0.3) is 0 Å². The number of nitrogens with zero attached hydrogens (tertiary/aromatic N) is 5. The van der Waals surface area contributed by atoms with Gasteiger partial charge in [-0.3, -0.25) is 0 Å². The van der Waals surface area contributed by atoms with E-state index in [2.05, 4.69) is 28.0 Å². The average Bonchev–Trinajstić information content (AvgIpc) is 3.27. The van der Waals surface area contributed by atoms with Crippen molar-refractivity contribution < 1.29 is 4.39 Å². The standard InChI is InChI=1S/C25H29FN6/c1-30(2)24-22(19-11-10-17-6-5-7-18(17)16-19)23(27)28-25(29-24)32-14-12-31(13-15-32)21-9-4-3-8-20(21)26/h3-4,8-11,16H,5-7,12-15H2,1-2H3,(H2,27,28,29). The fraction of sp³-hybridized carbons (Fsp3) is 0.360. The lowest BCUT2D eigenvalue weighted by Crippen LogP contribution is -2.47. The Kier molecular flexibility index (Phi) is 5.33. The molecule has 166 valence electrons. The second-order valence-electron chi connectivity index (χ2n) is 8.76. The number of nitrogens with two attached hydrogens (primary N) is 1. The van der Waals surface area contributed by atoms with Gasteiger partial charge in [0.05, 0.1) is 11.3 Å². The Balaban J connectivity index is 1.42. The first kappa shape index (κ1) is 20.5. The molecule has 0 radical (unpaired) electrons. The Morgan fingerprint density at radius 3 is 2.38 bits per heavy atom. The molecule has 1 fully saturated rings. The Hall–Kier alpha value is -3.35. The van der Waals surface area contributed by atoms with Crippen molar-refractivity contribution in [1.82, 2.24) is 9.97 Å². The van der Waals surface area contributed by atoms with Gasteiger partial charge in [0.2, 0.25) is 5.95 Å². The summed E-state index contributed by atoms with van der Waals surface area (Å²) in [4.78, 5) is 15.8. The Bertz CT molecular complexity index is 1140. The van der Waals surface area contributed by atoms with Crippen molar-refractivity contribution in [2.45, 2.75) is 19.3 Å². The molecule has 3 aromatic rings. The van der Waals surface area contributed by atoms with Crippen molar-refractivity contribution >= 4 is 23.3 Å². The predicted octanol–water partition coefficient (Wildman–Crippen LogP) is 3.75. The normalized spacial score (nSPS) is 15.7. The van der Waals surface area contributed by atoms with Crippen molar-refractivity contribution in [2.75, 3.05) is 60.7 Å². The van der Waals surface area contributed by atoms with Crippen LogP contribution in [0.25, 0.3) is 11.1 Å². The molecule has 0 saturated carbocycles. The van der Waals surface area contributed by atoms with Crippen molar-refractivity contribution in [2.24, 2.45) is 0 Å². The summed E-state index contributed by atoms with van der Waals surface area (Å²) < 4.78 is 14.2. The molecular formula is C25H29FN6. The minimum Gasteiger partial charge on any atom is -0.383 e. The predicted molar refractivity (Wildman–Crippen MR) is 129 cm³/mol.